The van der Waals surface area contributed by atoms with Gasteiger partial charge >= 0.3 is 0 Å². The molecular formula is C22H28ClN3O+2. The highest BCUT2D eigenvalue weighted by Crippen LogP contribution is 2.14. The number of benzene rings is 2. The fourth-order valence-electron chi connectivity index (χ4n) is 3.49. The van der Waals surface area contributed by atoms with Gasteiger partial charge in [-0.25, -0.2) is 0 Å². The quantitative estimate of drug-likeness (QED) is 0.686. The van der Waals surface area contributed by atoms with Gasteiger partial charge in [0.2, 0.25) is 0 Å². The zero-order chi connectivity index (χ0) is 19.1. The molecule has 2 aromatic carbocycles. The molecule has 5 heteroatoms. The maximum atomic E-state index is 12.5. The van der Waals surface area contributed by atoms with Crippen LogP contribution >= 0.6 is 11.6 Å². The lowest BCUT2D eigenvalue weighted by Gasteiger charge is -2.32. The summed E-state index contributed by atoms with van der Waals surface area (Å²) in [5.41, 5.74) is 2.00. The molecule has 1 saturated heterocycles. The Morgan fingerprint density at radius 2 is 1.85 bits per heavy atom. The van der Waals surface area contributed by atoms with Crippen LogP contribution in [0.4, 0.5) is 5.69 Å². The first-order valence-electron chi connectivity index (χ1n) is 9.58. The first kappa shape index (κ1) is 19.6. The number of quaternary nitrogens is 2. The van der Waals surface area contributed by atoms with E-state index < -0.39 is 0 Å². The number of piperazine rings is 1. The van der Waals surface area contributed by atoms with Crippen LogP contribution < -0.4 is 15.1 Å². The van der Waals surface area contributed by atoms with Crippen LogP contribution in [0.25, 0.3) is 6.08 Å². The highest BCUT2D eigenvalue weighted by molar-refractivity contribution is 6.30. The van der Waals surface area contributed by atoms with Gasteiger partial charge in [-0.2, -0.15) is 0 Å². The molecule has 1 aliphatic rings. The van der Waals surface area contributed by atoms with Crippen molar-refractivity contribution in [2.45, 2.75) is 13.0 Å². The van der Waals surface area contributed by atoms with Crippen LogP contribution in [0, 0.1) is 0 Å². The van der Waals surface area contributed by atoms with Crippen LogP contribution in [0.5, 0.6) is 0 Å². The summed E-state index contributed by atoms with van der Waals surface area (Å²) in [6, 6.07) is 17.6. The summed E-state index contributed by atoms with van der Waals surface area (Å²) in [6.45, 7) is 7.24. The average molecular weight is 386 g/mol. The molecule has 0 unspecified atom stereocenters. The monoisotopic (exact) mass is 385 g/mol. The lowest BCUT2D eigenvalue weighted by Crippen LogP contribution is -3.29. The molecule has 1 heterocycles. The van der Waals surface area contributed by atoms with Crippen molar-refractivity contribution in [1.29, 1.82) is 0 Å². The summed E-state index contributed by atoms with van der Waals surface area (Å²) >= 11 is 5.99. The van der Waals surface area contributed by atoms with Gasteiger partial charge < -0.3 is 15.1 Å². The number of nitrogens with one attached hydrogen (secondary N) is 3. The number of anilines is 1. The van der Waals surface area contributed by atoms with Crippen molar-refractivity contribution in [3.63, 3.8) is 0 Å². The van der Waals surface area contributed by atoms with E-state index in [1.165, 1.54) is 10.5 Å². The number of carbonyl (C=O) groups excluding carboxylic acids is 1. The number of hydrogen-bond acceptors (Lipinski definition) is 1. The van der Waals surface area contributed by atoms with Gasteiger partial charge in [-0.1, -0.05) is 54.1 Å². The molecule has 1 fully saturated rings. The molecule has 0 radical (unpaired) electrons. The van der Waals surface area contributed by atoms with E-state index in [1.54, 1.807) is 17.0 Å². The lowest BCUT2D eigenvalue weighted by molar-refractivity contribution is -1.02. The molecule has 142 valence electrons. The maximum Gasteiger partial charge on any atom is 0.282 e. The second-order valence-electron chi connectivity index (χ2n) is 7.15. The second-order valence-corrected chi connectivity index (χ2v) is 7.58. The molecule has 0 bridgehead atoms. The van der Waals surface area contributed by atoms with Crippen LogP contribution in [0.1, 0.15) is 12.5 Å². The Labute approximate surface area is 166 Å². The minimum absolute atomic E-state index is 0.0553. The Balaban J connectivity index is 1.44. The summed E-state index contributed by atoms with van der Waals surface area (Å²) in [5, 5.41) is 3.61. The van der Waals surface area contributed by atoms with Crippen molar-refractivity contribution in [2.75, 3.05) is 38.0 Å². The lowest BCUT2D eigenvalue weighted by atomic mass is 10.2. The molecule has 0 aliphatic carbocycles. The van der Waals surface area contributed by atoms with Crippen molar-refractivity contribution in [2.24, 2.45) is 0 Å². The zero-order valence-corrected chi connectivity index (χ0v) is 16.5. The maximum absolute atomic E-state index is 12.5. The molecule has 0 spiro atoms. The van der Waals surface area contributed by atoms with E-state index in [-0.39, 0.29) is 11.9 Å². The van der Waals surface area contributed by atoms with Gasteiger partial charge in [0, 0.05) is 10.7 Å². The number of hydrogen-bond donors (Lipinski definition) is 3. The number of halogens is 1. The SMILES string of the molecule is C[C@@H](C(=O)Nc1cccc(Cl)c1)[NH+]1CC[NH+](C/C=C/c2ccccc2)CC1. The number of amides is 1. The first-order valence-corrected chi connectivity index (χ1v) is 9.96. The Morgan fingerprint density at radius 3 is 2.56 bits per heavy atom. The molecular weight excluding hydrogens is 358 g/mol. The summed E-state index contributed by atoms with van der Waals surface area (Å²) in [7, 11) is 0. The average Bonchev–Trinajstić information content (AvgIpc) is 2.69. The van der Waals surface area contributed by atoms with Crippen molar-refractivity contribution < 1.29 is 14.6 Å². The topological polar surface area (TPSA) is 38.0 Å². The van der Waals surface area contributed by atoms with Crippen molar-refractivity contribution in [1.82, 2.24) is 0 Å². The van der Waals surface area contributed by atoms with Gasteiger partial charge in [-0.15, -0.1) is 0 Å². The smallest absolute Gasteiger partial charge is 0.282 e. The van der Waals surface area contributed by atoms with E-state index >= 15 is 0 Å². The summed E-state index contributed by atoms with van der Waals surface area (Å²) in [5.74, 6) is 0.0553. The normalized spacial score (nSPS) is 21.1. The summed E-state index contributed by atoms with van der Waals surface area (Å²) < 4.78 is 0. The molecule has 1 aliphatic heterocycles. The minimum atomic E-state index is -0.0645. The molecule has 2 aromatic rings. The third kappa shape index (κ3) is 5.93. The highest BCUT2D eigenvalue weighted by atomic mass is 35.5. The Hall–Kier alpha value is -2.14. The fraction of sp³-hybridized carbons (Fsp3) is 0.318. The standard InChI is InChI=1S/C22H26ClN3O/c1-18(22(27)24-21-11-5-10-20(23)17-21)26-15-13-25(14-16-26)12-6-9-19-7-3-2-4-8-19/h2-11,17-18H,12-16H2,1H3,(H,24,27)/p+2/b9-6+/t18-/m0/s1. The third-order valence-electron chi connectivity index (χ3n) is 5.21. The third-order valence-corrected chi connectivity index (χ3v) is 5.45. The van der Waals surface area contributed by atoms with Gasteiger partial charge in [-0.3, -0.25) is 4.79 Å². The second kappa shape index (κ2) is 9.70. The molecule has 0 aromatic heterocycles. The number of carbonyl (C=O) groups is 1. The number of rotatable bonds is 6. The Kier molecular flexibility index (Phi) is 7.04. The zero-order valence-electron chi connectivity index (χ0n) is 15.7. The fourth-order valence-corrected chi connectivity index (χ4v) is 3.68. The predicted octanol–water partition coefficient (Wildman–Crippen LogP) is 1.16. The molecule has 3 rings (SSSR count). The van der Waals surface area contributed by atoms with Gasteiger partial charge in [0.05, 0.1) is 6.54 Å². The van der Waals surface area contributed by atoms with E-state index in [9.17, 15) is 4.79 Å². The largest absolute Gasteiger partial charge is 0.322 e. The Morgan fingerprint density at radius 1 is 1.11 bits per heavy atom. The van der Waals surface area contributed by atoms with Gasteiger partial charge in [0.25, 0.3) is 5.91 Å². The molecule has 3 N–H and O–H groups in total. The van der Waals surface area contributed by atoms with Crippen molar-refractivity contribution in [3.05, 3.63) is 71.3 Å². The van der Waals surface area contributed by atoms with E-state index in [4.69, 9.17) is 11.6 Å². The molecule has 0 saturated carbocycles. The van der Waals surface area contributed by atoms with Gasteiger partial charge in [-0.05, 0) is 36.8 Å². The van der Waals surface area contributed by atoms with Gasteiger partial charge in [0.1, 0.15) is 26.2 Å². The molecule has 4 nitrogen and oxygen atoms in total. The van der Waals surface area contributed by atoms with Crippen LogP contribution in [0.2, 0.25) is 5.02 Å². The first-order chi connectivity index (χ1) is 13.1. The predicted molar refractivity (Wildman–Crippen MR) is 111 cm³/mol. The summed E-state index contributed by atoms with van der Waals surface area (Å²) in [4.78, 5) is 15.5. The van der Waals surface area contributed by atoms with Crippen LogP contribution in [0.15, 0.2) is 60.7 Å². The van der Waals surface area contributed by atoms with E-state index in [2.05, 4.69) is 41.7 Å². The van der Waals surface area contributed by atoms with Gasteiger partial charge in [0.15, 0.2) is 6.04 Å². The molecule has 1 amide bonds. The van der Waals surface area contributed by atoms with Crippen LogP contribution in [0.3, 0.4) is 0 Å². The van der Waals surface area contributed by atoms with E-state index in [0.29, 0.717) is 5.02 Å². The molecule has 1 atom stereocenters. The van der Waals surface area contributed by atoms with Crippen LogP contribution in [-0.4, -0.2) is 44.7 Å². The minimum Gasteiger partial charge on any atom is -0.322 e. The van der Waals surface area contributed by atoms with Crippen molar-refractivity contribution in [3.8, 4) is 0 Å². The van der Waals surface area contributed by atoms with E-state index in [0.717, 1.165) is 38.4 Å². The summed E-state index contributed by atoms with van der Waals surface area (Å²) in [6.07, 6.45) is 4.44. The highest BCUT2D eigenvalue weighted by Gasteiger charge is 2.30. The van der Waals surface area contributed by atoms with E-state index in [1.807, 2.05) is 25.1 Å². The van der Waals surface area contributed by atoms with Crippen LogP contribution in [-0.2, 0) is 4.79 Å². The Bertz CT molecular complexity index is 770. The van der Waals surface area contributed by atoms with Crippen molar-refractivity contribution >= 4 is 29.3 Å². The molecule has 27 heavy (non-hydrogen) atoms.